The predicted octanol–water partition coefficient (Wildman–Crippen LogP) is 4.85. The molecule has 6 nitrogen and oxygen atoms in total. The largest absolute Gasteiger partial charge is 0.505 e. The maximum absolute atomic E-state index is 11.6. The maximum atomic E-state index is 11.6. The van der Waals surface area contributed by atoms with Gasteiger partial charge in [0.2, 0.25) is 5.91 Å². The highest BCUT2D eigenvalue weighted by atomic mass is 16.3. The first-order valence-electron chi connectivity index (χ1n) is 9.79. The van der Waals surface area contributed by atoms with E-state index in [-0.39, 0.29) is 16.7 Å². The van der Waals surface area contributed by atoms with Crippen LogP contribution in [0.1, 0.15) is 52.7 Å². The molecule has 0 bridgehead atoms. The van der Waals surface area contributed by atoms with Crippen LogP contribution in [0.2, 0.25) is 0 Å². The number of aromatic nitrogens is 3. The van der Waals surface area contributed by atoms with Crippen LogP contribution in [0.5, 0.6) is 5.75 Å². The Morgan fingerprint density at radius 1 is 1.00 bits per heavy atom. The first kappa shape index (κ1) is 19.2. The highest BCUT2D eigenvalue weighted by Gasteiger charge is 2.31. The minimum Gasteiger partial charge on any atom is -0.505 e. The van der Waals surface area contributed by atoms with Crippen molar-refractivity contribution in [3.8, 4) is 11.4 Å². The third-order valence-corrected chi connectivity index (χ3v) is 5.35. The molecule has 0 fully saturated rings. The van der Waals surface area contributed by atoms with Crippen molar-refractivity contribution in [1.82, 2.24) is 14.1 Å². The molecule has 0 aliphatic carbocycles. The Morgan fingerprint density at radius 3 is 2.24 bits per heavy atom. The van der Waals surface area contributed by atoms with Gasteiger partial charge in [0, 0.05) is 11.3 Å². The summed E-state index contributed by atoms with van der Waals surface area (Å²) in [6.45, 7) is 16.3. The number of fused-ring (bicyclic) bond motifs is 4. The zero-order valence-electron chi connectivity index (χ0n) is 17.9. The average molecular weight is 393 g/mol. The molecule has 0 aliphatic rings. The number of phenols is 1. The smallest absolute Gasteiger partial charge is 0.247 e. The van der Waals surface area contributed by atoms with Crippen molar-refractivity contribution >= 4 is 22.6 Å². The molecule has 152 valence electrons. The first-order valence-corrected chi connectivity index (χ1v) is 9.79. The highest BCUT2D eigenvalue weighted by Crippen LogP contribution is 2.41. The number of aromatic hydroxyl groups is 1. The zero-order chi connectivity index (χ0) is 21.3. The molecule has 0 saturated heterocycles. The van der Waals surface area contributed by atoms with E-state index in [2.05, 4.69) is 65.6 Å². The summed E-state index contributed by atoms with van der Waals surface area (Å²) in [5.41, 5.74) is 5.34. The normalized spacial score (nSPS) is 12.9. The van der Waals surface area contributed by atoms with Crippen molar-refractivity contribution in [3.05, 3.63) is 54.1 Å². The molecule has 4 rings (SSSR count). The van der Waals surface area contributed by atoms with Gasteiger partial charge in [-0.3, -0.25) is 4.79 Å². The van der Waals surface area contributed by atoms with E-state index >= 15 is 0 Å². The third kappa shape index (κ3) is 2.99. The first-order chi connectivity index (χ1) is 13.4. The Labute approximate surface area is 170 Å². The standard InChI is InChI=1S/C23H28N4O2/c1-8-20(28)24-15-9-10-17-18(13-15)26-25(17)27(26)19-12-14(22(2,3)4)11-16(21(19)29)23(5,6)7/h8-13,29H,1H2,2-7H3,(H,24,28). The summed E-state index contributed by atoms with van der Waals surface area (Å²) in [6.07, 6.45) is 1.25. The summed E-state index contributed by atoms with van der Waals surface area (Å²) in [5, 5.41) is 13.9. The van der Waals surface area contributed by atoms with Gasteiger partial charge in [0.15, 0.2) is 0 Å². The highest BCUT2D eigenvalue weighted by molar-refractivity contribution is 6.00. The van der Waals surface area contributed by atoms with Crippen molar-refractivity contribution < 1.29 is 9.90 Å². The fourth-order valence-electron chi connectivity index (χ4n) is 3.59. The number of carbonyl (C=O) groups excluding carboxylic acids is 1. The van der Waals surface area contributed by atoms with E-state index < -0.39 is 0 Å². The van der Waals surface area contributed by atoms with Gasteiger partial charge in [-0.15, -0.1) is 14.1 Å². The van der Waals surface area contributed by atoms with Gasteiger partial charge in [-0.05, 0) is 46.7 Å². The average Bonchev–Trinajstić information content (AvgIpc) is 3.27. The van der Waals surface area contributed by atoms with Crippen LogP contribution in [0.4, 0.5) is 5.69 Å². The van der Waals surface area contributed by atoms with Gasteiger partial charge in [0.1, 0.15) is 22.5 Å². The second-order valence-corrected chi connectivity index (χ2v) is 9.66. The second kappa shape index (κ2) is 5.92. The van der Waals surface area contributed by atoms with Gasteiger partial charge < -0.3 is 10.4 Å². The number of hydrogen-bond acceptors (Lipinski definition) is 2. The Kier molecular flexibility index (Phi) is 3.92. The van der Waals surface area contributed by atoms with Crippen LogP contribution < -0.4 is 5.32 Å². The monoisotopic (exact) mass is 392 g/mol. The van der Waals surface area contributed by atoms with Crippen LogP contribution in [0.15, 0.2) is 43.0 Å². The molecular weight excluding hydrogens is 364 g/mol. The van der Waals surface area contributed by atoms with E-state index in [1.807, 2.05) is 32.3 Å². The zero-order valence-corrected chi connectivity index (χ0v) is 17.9. The molecule has 2 aromatic carbocycles. The molecule has 29 heavy (non-hydrogen) atoms. The fraction of sp³-hybridized carbons (Fsp3) is 0.348. The molecule has 0 spiro atoms. The van der Waals surface area contributed by atoms with E-state index in [0.717, 1.165) is 22.3 Å². The van der Waals surface area contributed by atoms with Gasteiger partial charge >= 0.3 is 0 Å². The van der Waals surface area contributed by atoms with E-state index in [1.165, 1.54) is 11.6 Å². The van der Waals surface area contributed by atoms with Crippen molar-refractivity contribution in [1.29, 1.82) is 0 Å². The van der Waals surface area contributed by atoms with Crippen molar-refractivity contribution in [2.75, 3.05) is 5.32 Å². The number of nitrogens with zero attached hydrogens (tertiary/aromatic N) is 3. The third-order valence-electron chi connectivity index (χ3n) is 5.35. The van der Waals surface area contributed by atoms with E-state index in [9.17, 15) is 9.90 Å². The van der Waals surface area contributed by atoms with E-state index in [4.69, 9.17) is 0 Å². The number of rotatable bonds is 3. The lowest BCUT2D eigenvalue weighted by Gasteiger charge is -2.26. The van der Waals surface area contributed by atoms with Crippen LogP contribution in [0, 0.1) is 0 Å². The summed E-state index contributed by atoms with van der Waals surface area (Å²) >= 11 is 0. The number of carbonyl (C=O) groups is 1. The molecule has 6 heteroatoms. The number of benzene rings is 2. The lowest BCUT2D eigenvalue weighted by molar-refractivity contribution is -0.111. The summed E-state index contributed by atoms with van der Waals surface area (Å²) in [5.74, 6) is 0.0557. The molecular formula is C23H28N4O2. The van der Waals surface area contributed by atoms with Crippen LogP contribution >= 0.6 is 0 Å². The van der Waals surface area contributed by atoms with Crippen molar-refractivity contribution in [3.63, 3.8) is 0 Å². The van der Waals surface area contributed by atoms with E-state index in [0.29, 0.717) is 11.4 Å². The maximum Gasteiger partial charge on any atom is 0.247 e. The minimum absolute atomic E-state index is 0.0445. The Morgan fingerprint density at radius 2 is 1.66 bits per heavy atom. The predicted molar refractivity (Wildman–Crippen MR) is 117 cm³/mol. The van der Waals surface area contributed by atoms with Crippen molar-refractivity contribution in [2.45, 2.75) is 52.4 Å². The van der Waals surface area contributed by atoms with Crippen LogP contribution in [-0.4, -0.2) is 25.1 Å². The van der Waals surface area contributed by atoms with Gasteiger partial charge in [-0.25, -0.2) is 0 Å². The molecule has 2 N–H and O–H groups in total. The molecule has 0 radical (unpaired) electrons. The number of amides is 1. The number of phenolic OH excluding ortho intramolecular Hbond substituents is 1. The number of anilines is 1. The molecule has 2 aromatic heterocycles. The molecule has 4 aromatic rings. The van der Waals surface area contributed by atoms with Gasteiger partial charge in [-0.1, -0.05) is 54.2 Å². The Hall–Kier alpha value is -3.15. The molecule has 0 atom stereocenters. The number of hydrogen-bond donors (Lipinski definition) is 2. The second-order valence-electron chi connectivity index (χ2n) is 9.66. The van der Waals surface area contributed by atoms with Gasteiger partial charge in [0.25, 0.3) is 0 Å². The number of nitrogens with one attached hydrogen (secondary N) is 1. The molecule has 1 amide bonds. The molecule has 0 saturated carbocycles. The molecule has 0 unspecified atom stereocenters. The Bertz CT molecular complexity index is 1240. The summed E-state index contributed by atoms with van der Waals surface area (Å²) < 4.78 is 3.98. The van der Waals surface area contributed by atoms with Gasteiger partial charge in [0.05, 0.1) is 0 Å². The molecule has 2 heterocycles. The minimum atomic E-state index is -0.242. The lowest BCUT2D eigenvalue weighted by atomic mass is 9.80. The lowest BCUT2D eigenvalue weighted by Crippen LogP contribution is -2.17. The Balaban J connectivity index is 1.87. The van der Waals surface area contributed by atoms with Gasteiger partial charge in [-0.2, -0.15) is 0 Å². The summed E-state index contributed by atoms with van der Waals surface area (Å²) in [7, 11) is 0. The SMILES string of the molecule is C=CC(=O)Nc1ccc2c(c1)n1n(-c3cc(C(C)(C)C)cc(C(C)(C)C)c3O)n21. The van der Waals surface area contributed by atoms with Crippen molar-refractivity contribution in [2.24, 2.45) is 0 Å². The molecule has 0 aliphatic heterocycles. The summed E-state index contributed by atoms with van der Waals surface area (Å²) in [4.78, 5) is 13.5. The van der Waals surface area contributed by atoms with Crippen LogP contribution in [0.3, 0.4) is 0 Å². The topological polar surface area (TPSA) is 63.1 Å². The summed E-state index contributed by atoms with van der Waals surface area (Å²) in [6, 6.07) is 9.91. The van der Waals surface area contributed by atoms with E-state index in [1.54, 1.807) is 0 Å². The van der Waals surface area contributed by atoms with Crippen LogP contribution in [0.25, 0.3) is 16.7 Å². The van der Waals surface area contributed by atoms with Crippen LogP contribution in [-0.2, 0) is 15.6 Å². The quantitative estimate of drug-likeness (QED) is 0.490. The fourth-order valence-corrected chi connectivity index (χ4v) is 3.59.